The summed E-state index contributed by atoms with van der Waals surface area (Å²) >= 11 is 0. The third-order valence-electron chi connectivity index (χ3n) is 2.40. The van der Waals surface area contributed by atoms with E-state index in [2.05, 4.69) is 15.5 Å². The molecule has 78 valence electrons. The molecule has 3 N–H and O–H groups in total. The molecule has 1 fully saturated rings. The number of nitrogens with one attached hydrogen (secondary N) is 1. The van der Waals surface area contributed by atoms with Gasteiger partial charge in [-0.05, 0) is 19.9 Å². The molecule has 2 unspecified atom stereocenters. The zero-order valence-corrected chi connectivity index (χ0v) is 8.36. The highest BCUT2D eigenvalue weighted by Gasteiger charge is 2.22. The maximum Gasteiger partial charge on any atom is 0.231 e. The highest BCUT2D eigenvalue weighted by atomic mass is 16.5. The fraction of sp³-hybridized carbons (Fsp3) is 0.778. The maximum absolute atomic E-state index is 5.65. The number of rotatable bonds is 3. The molecule has 0 bridgehead atoms. The summed E-state index contributed by atoms with van der Waals surface area (Å²) in [6.07, 6.45) is 1.77. The van der Waals surface area contributed by atoms with Crippen molar-refractivity contribution in [2.75, 3.05) is 13.1 Å². The first kappa shape index (κ1) is 9.61. The summed E-state index contributed by atoms with van der Waals surface area (Å²) in [5.41, 5.74) is 5.65. The van der Waals surface area contributed by atoms with E-state index in [1.165, 1.54) is 0 Å². The monoisotopic (exact) mass is 196 g/mol. The van der Waals surface area contributed by atoms with Crippen LogP contribution in [0.1, 0.15) is 31.0 Å². The number of hydrogen-bond donors (Lipinski definition) is 2. The van der Waals surface area contributed by atoms with E-state index in [1.54, 1.807) is 0 Å². The highest BCUT2D eigenvalue weighted by molar-refractivity contribution is 4.98. The molecule has 0 radical (unpaired) electrons. The van der Waals surface area contributed by atoms with Gasteiger partial charge in [0.25, 0.3) is 0 Å². The van der Waals surface area contributed by atoms with Gasteiger partial charge < -0.3 is 15.6 Å². The Kier molecular flexibility index (Phi) is 2.79. The fourth-order valence-corrected chi connectivity index (χ4v) is 1.67. The second-order valence-corrected chi connectivity index (χ2v) is 3.92. The lowest BCUT2D eigenvalue weighted by Crippen LogP contribution is -2.18. The van der Waals surface area contributed by atoms with Crippen molar-refractivity contribution < 1.29 is 4.52 Å². The van der Waals surface area contributed by atoms with Crippen molar-refractivity contribution >= 4 is 0 Å². The molecule has 5 nitrogen and oxygen atoms in total. The minimum absolute atomic E-state index is 0.0853. The molecule has 2 rings (SSSR count). The van der Waals surface area contributed by atoms with E-state index in [1.807, 2.05) is 6.92 Å². The lowest BCUT2D eigenvalue weighted by Gasteiger charge is -1.99. The van der Waals surface area contributed by atoms with Gasteiger partial charge in [-0.3, -0.25) is 0 Å². The first-order valence-corrected chi connectivity index (χ1v) is 5.04. The first-order chi connectivity index (χ1) is 6.75. The molecule has 1 aliphatic rings. The van der Waals surface area contributed by atoms with Crippen molar-refractivity contribution in [3.8, 4) is 0 Å². The zero-order valence-electron chi connectivity index (χ0n) is 8.36. The van der Waals surface area contributed by atoms with E-state index >= 15 is 0 Å². The number of nitrogens with zero attached hydrogens (tertiary/aromatic N) is 2. The van der Waals surface area contributed by atoms with Gasteiger partial charge in [-0.15, -0.1) is 0 Å². The summed E-state index contributed by atoms with van der Waals surface area (Å²) < 4.78 is 5.19. The van der Waals surface area contributed by atoms with Crippen LogP contribution < -0.4 is 11.1 Å². The summed E-state index contributed by atoms with van der Waals surface area (Å²) in [5, 5.41) is 7.18. The van der Waals surface area contributed by atoms with Crippen molar-refractivity contribution in [3.05, 3.63) is 11.7 Å². The van der Waals surface area contributed by atoms with Crippen molar-refractivity contribution in [1.29, 1.82) is 0 Å². The van der Waals surface area contributed by atoms with Gasteiger partial charge in [0.15, 0.2) is 5.82 Å². The predicted octanol–water partition coefficient (Wildman–Crippen LogP) is 0.0362. The zero-order chi connectivity index (χ0) is 9.97. The molecular formula is C9H16N4O. The molecule has 0 saturated carbocycles. The van der Waals surface area contributed by atoms with Gasteiger partial charge in [0.2, 0.25) is 5.89 Å². The Morgan fingerprint density at radius 1 is 1.71 bits per heavy atom. The van der Waals surface area contributed by atoms with E-state index in [0.717, 1.165) is 31.2 Å². The normalized spacial score (nSPS) is 24.0. The number of hydrogen-bond acceptors (Lipinski definition) is 5. The third-order valence-corrected chi connectivity index (χ3v) is 2.40. The van der Waals surface area contributed by atoms with Crippen LogP contribution in [0.3, 0.4) is 0 Å². The molecular weight excluding hydrogens is 180 g/mol. The van der Waals surface area contributed by atoms with Gasteiger partial charge in [0, 0.05) is 19.0 Å². The molecule has 2 atom stereocenters. The largest absolute Gasteiger partial charge is 0.339 e. The van der Waals surface area contributed by atoms with E-state index in [9.17, 15) is 0 Å². The van der Waals surface area contributed by atoms with Crippen LogP contribution in [0.4, 0.5) is 0 Å². The van der Waals surface area contributed by atoms with Gasteiger partial charge in [0.1, 0.15) is 0 Å². The Hall–Kier alpha value is -0.940. The highest BCUT2D eigenvalue weighted by Crippen LogP contribution is 2.20. The Morgan fingerprint density at radius 2 is 2.57 bits per heavy atom. The quantitative estimate of drug-likeness (QED) is 0.713. The molecule has 0 amide bonds. The molecule has 1 aromatic rings. The minimum atomic E-state index is 0.0853. The molecule has 0 aromatic carbocycles. The fourth-order valence-electron chi connectivity index (χ4n) is 1.67. The van der Waals surface area contributed by atoms with Crippen molar-refractivity contribution in [2.45, 2.75) is 31.7 Å². The first-order valence-electron chi connectivity index (χ1n) is 5.04. The van der Waals surface area contributed by atoms with E-state index in [0.29, 0.717) is 12.3 Å². The van der Waals surface area contributed by atoms with Gasteiger partial charge in [-0.25, -0.2) is 0 Å². The van der Waals surface area contributed by atoms with Crippen LogP contribution >= 0.6 is 0 Å². The summed E-state index contributed by atoms with van der Waals surface area (Å²) in [7, 11) is 0. The minimum Gasteiger partial charge on any atom is -0.339 e. The molecule has 14 heavy (non-hydrogen) atoms. The van der Waals surface area contributed by atoms with Gasteiger partial charge >= 0.3 is 0 Å². The molecule has 1 aromatic heterocycles. The van der Waals surface area contributed by atoms with Crippen LogP contribution in [0.15, 0.2) is 4.52 Å². The van der Waals surface area contributed by atoms with Crippen molar-refractivity contribution in [3.63, 3.8) is 0 Å². The van der Waals surface area contributed by atoms with Gasteiger partial charge in [0.05, 0.1) is 5.92 Å². The molecule has 0 aliphatic carbocycles. The summed E-state index contributed by atoms with van der Waals surface area (Å²) in [6.45, 7) is 3.92. The van der Waals surface area contributed by atoms with E-state index < -0.39 is 0 Å². The topological polar surface area (TPSA) is 77.0 Å². The van der Waals surface area contributed by atoms with Crippen LogP contribution in [0, 0.1) is 0 Å². The SMILES string of the molecule is CC(N)Cc1noc(C2CCNC2)n1. The Bertz CT molecular complexity index is 291. The Balaban J connectivity index is 2.01. The standard InChI is InChI=1S/C9H16N4O/c1-6(10)4-8-12-9(14-13-8)7-2-3-11-5-7/h6-7,11H,2-5,10H2,1H3. The average Bonchev–Trinajstić information content (AvgIpc) is 2.69. The van der Waals surface area contributed by atoms with E-state index in [4.69, 9.17) is 10.3 Å². The Morgan fingerprint density at radius 3 is 3.21 bits per heavy atom. The number of aromatic nitrogens is 2. The second kappa shape index (κ2) is 4.06. The van der Waals surface area contributed by atoms with Crippen LogP contribution in [0.5, 0.6) is 0 Å². The summed E-state index contributed by atoms with van der Waals surface area (Å²) in [4.78, 5) is 4.33. The molecule has 1 saturated heterocycles. The summed E-state index contributed by atoms with van der Waals surface area (Å²) in [6, 6.07) is 0.0853. The Labute approximate surface area is 83.1 Å². The van der Waals surface area contributed by atoms with Crippen LogP contribution in [0.25, 0.3) is 0 Å². The number of nitrogens with two attached hydrogens (primary N) is 1. The van der Waals surface area contributed by atoms with Gasteiger partial charge in [-0.2, -0.15) is 4.98 Å². The van der Waals surface area contributed by atoms with Crippen LogP contribution in [-0.4, -0.2) is 29.3 Å². The van der Waals surface area contributed by atoms with Gasteiger partial charge in [-0.1, -0.05) is 5.16 Å². The summed E-state index contributed by atoms with van der Waals surface area (Å²) in [5.74, 6) is 1.87. The predicted molar refractivity (Wildman–Crippen MR) is 51.9 cm³/mol. The molecule has 1 aliphatic heterocycles. The van der Waals surface area contributed by atoms with Crippen LogP contribution in [-0.2, 0) is 6.42 Å². The maximum atomic E-state index is 5.65. The van der Waals surface area contributed by atoms with E-state index in [-0.39, 0.29) is 6.04 Å². The van der Waals surface area contributed by atoms with Crippen LogP contribution in [0.2, 0.25) is 0 Å². The molecule has 5 heteroatoms. The average molecular weight is 196 g/mol. The van der Waals surface area contributed by atoms with Crippen molar-refractivity contribution in [2.24, 2.45) is 5.73 Å². The lowest BCUT2D eigenvalue weighted by atomic mass is 10.1. The lowest BCUT2D eigenvalue weighted by molar-refractivity contribution is 0.354. The second-order valence-electron chi connectivity index (χ2n) is 3.92. The smallest absolute Gasteiger partial charge is 0.231 e. The van der Waals surface area contributed by atoms with Crippen molar-refractivity contribution in [1.82, 2.24) is 15.5 Å². The molecule has 2 heterocycles. The third kappa shape index (κ3) is 2.10. The molecule has 0 spiro atoms.